The summed E-state index contributed by atoms with van der Waals surface area (Å²) in [5.74, 6) is -1.09. The van der Waals surface area contributed by atoms with Crippen molar-refractivity contribution in [2.45, 2.75) is 12.8 Å². The molecular weight excluding hydrogens is 153 g/mol. The van der Waals surface area contributed by atoms with Crippen LogP contribution in [0.2, 0.25) is 0 Å². The molecule has 0 amide bonds. The average molecular weight is 159 g/mol. The first-order valence-electron chi connectivity index (χ1n) is 3.04. The maximum atomic E-state index is 12.3. The second kappa shape index (κ2) is 2.69. The molecule has 0 radical (unpaired) electrons. The topological polar surface area (TPSA) is 63.4 Å². The number of halogens is 1. The number of hydrogen-bond acceptors (Lipinski definition) is 3. The quantitative estimate of drug-likeness (QED) is 0.467. The Bertz CT molecular complexity index is 257. The number of nitro groups is 1. The van der Waals surface area contributed by atoms with Gasteiger partial charge in [-0.15, -0.1) is 0 Å². The van der Waals surface area contributed by atoms with Crippen molar-refractivity contribution >= 4 is 0 Å². The van der Waals surface area contributed by atoms with E-state index in [-0.39, 0.29) is 18.5 Å². The van der Waals surface area contributed by atoms with Crippen molar-refractivity contribution in [1.29, 1.82) is 0 Å². The van der Waals surface area contributed by atoms with Crippen LogP contribution in [0.1, 0.15) is 12.8 Å². The maximum absolute atomic E-state index is 12.3. The van der Waals surface area contributed by atoms with Crippen molar-refractivity contribution in [3.63, 3.8) is 0 Å². The summed E-state index contributed by atoms with van der Waals surface area (Å²) in [5.41, 5.74) is -0.314. The maximum Gasteiger partial charge on any atom is 0.287 e. The molecular formula is C6H6FNO3. The molecule has 0 aromatic heterocycles. The van der Waals surface area contributed by atoms with Crippen LogP contribution in [-0.2, 0) is 0 Å². The highest BCUT2D eigenvalue weighted by atomic mass is 19.1. The largest absolute Gasteiger partial charge is 0.502 e. The van der Waals surface area contributed by atoms with E-state index in [1.807, 2.05) is 0 Å². The van der Waals surface area contributed by atoms with Crippen LogP contribution in [0.5, 0.6) is 0 Å². The fourth-order valence-corrected chi connectivity index (χ4v) is 0.855. The van der Waals surface area contributed by atoms with Gasteiger partial charge in [-0.1, -0.05) is 0 Å². The zero-order valence-corrected chi connectivity index (χ0v) is 5.58. The van der Waals surface area contributed by atoms with E-state index in [2.05, 4.69) is 0 Å². The molecule has 0 aromatic rings. The van der Waals surface area contributed by atoms with E-state index in [4.69, 9.17) is 5.11 Å². The Morgan fingerprint density at radius 1 is 1.64 bits per heavy atom. The molecule has 0 atom stereocenters. The fourth-order valence-electron chi connectivity index (χ4n) is 0.855. The van der Waals surface area contributed by atoms with Gasteiger partial charge in [-0.25, -0.2) is 4.39 Å². The molecule has 0 aromatic carbocycles. The van der Waals surface area contributed by atoms with Crippen LogP contribution in [0.15, 0.2) is 23.4 Å². The summed E-state index contributed by atoms with van der Waals surface area (Å²) in [5, 5.41) is 18.9. The lowest BCUT2D eigenvalue weighted by Crippen LogP contribution is -2.06. The fraction of sp³-hybridized carbons (Fsp3) is 0.333. The number of nitrogens with zero attached hydrogens (tertiary/aromatic N) is 1. The molecule has 1 aliphatic rings. The summed E-state index contributed by atoms with van der Waals surface area (Å²) in [4.78, 5) is 9.41. The number of rotatable bonds is 1. The zero-order valence-electron chi connectivity index (χ0n) is 5.58. The second-order valence-corrected chi connectivity index (χ2v) is 2.18. The predicted molar refractivity (Wildman–Crippen MR) is 35.1 cm³/mol. The number of allylic oxidation sites excluding steroid dienone is 3. The van der Waals surface area contributed by atoms with Gasteiger partial charge in [0.25, 0.3) is 5.70 Å². The molecule has 0 unspecified atom stereocenters. The van der Waals surface area contributed by atoms with E-state index in [0.29, 0.717) is 0 Å². The lowest BCUT2D eigenvalue weighted by atomic mass is 10.1. The molecule has 0 aliphatic heterocycles. The van der Waals surface area contributed by atoms with Crippen molar-refractivity contribution in [3.05, 3.63) is 33.5 Å². The van der Waals surface area contributed by atoms with Gasteiger partial charge in [0, 0.05) is 18.9 Å². The van der Waals surface area contributed by atoms with Crippen LogP contribution >= 0.6 is 0 Å². The smallest absolute Gasteiger partial charge is 0.287 e. The van der Waals surface area contributed by atoms with Crippen LogP contribution in [-0.4, -0.2) is 10.0 Å². The Labute approximate surface area is 61.8 Å². The van der Waals surface area contributed by atoms with Gasteiger partial charge >= 0.3 is 0 Å². The minimum absolute atomic E-state index is 0.000370. The summed E-state index contributed by atoms with van der Waals surface area (Å²) in [6.45, 7) is 0. The summed E-state index contributed by atoms with van der Waals surface area (Å²) >= 11 is 0. The van der Waals surface area contributed by atoms with Crippen molar-refractivity contribution < 1.29 is 14.4 Å². The minimum atomic E-state index is -0.696. The van der Waals surface area contributed by atoms with Gasteiger partial charge in [0.1, 0.15) is 5.83 Å². The van der Waals surface area contributed by atoms with Gasteiger partial charge < -0.3 is 5.11 Å². The molecule has 0 spiro atoms. The van der Waals surface area contributed by atoms with E-state index >= 15 is 0 Å². The molecule has 0 bridgehead atoms. The van der Waals surface area contributed by atoms with Gasteiger partial charge in [-0.2, -0.15) is 0 Å². The molecule has 5 heteroatoms. The van der Waals surface area contributed by atoms with Gasteiger partial charge in [0.15, 0.2) is 5.76 Å². The first-order valence-corrected chi connectivity index (χ1v) is 3.04. The van der Waals surface area contributed by atoms with Crippen molar-refractivity contribution in [2.75, 3.05) is 0 Å². The highest BCUT2D eigenvalue weighted by Crippen LogP contribution is 2.22. The van der Waals surface area contributed by atoms with E-state index in [1.165, 1.54) is 0 Å². The molecule has 11 heavy (non-hydrogen) atoms. The molecule has 60 valence electrons. The Kier molecular flexibility index (Phi) is 1.89. The van der Waals surface area contributed by atoms with Gasteiger partial charge in [-0.3, -0.25) is 10.1 Å². The Balaban J connectivity index is 2.95. The number of aliphatic hydroxyl groups is 1. The molecule has 0 saturated heterocycles. The summed E-state index contributed by atoms with van der Waals surface area (Å²) in [6.07, 6.45) is 0.739. The second-order valence-electron chi connectivity index (χ2n) is 2.18. The van der Waals surface area contributed by atoms with Crippen LogP contribution in [0, 0.1) is 10.1 Å². The van der Waals surface area contributed by atoms with Gasteiger partial charge in [-0.05, 0) is 0 Å². The minimum Gasteiger partial charge on any atom is -0.502 e. The van der Waals surface area contributed by atoms with Crippen LogP contribution in [0.3, 0.4) is 0 Å². The monoisotopic (exact) mass is 159 g/mol. The Morgan fingerprint density at radius 2 is 2.27 bits per heavy atom. The van der Waals surface area contributed by atoms with Crippen LogP contribution in [0.25, 0.3) is 0 Å². The third-order valence-corrected chi connectivity index (χ3v) is 1.41. The first kappa shape index (κ1) is 7.71. The molecule has 0 heterocycles. The van der Waals surface area contributed by atoms with E-state index < -0.39 is 16.5 Å². The SMILES string of the molecule is O=[N+]([O-])C1=C(O)C=C(F)CC1. The van der Waals surface area contributed by atoms with Crippen molar-refractivity contribution in [3.8, 4) is 0 Å². The highest BCUT2D eigenvalue weighted by molar-refractivity contribution is 5.21. The first-order chi connectivity index (χ1) is 5.11. The lowest BCUT2D eigenvalue weighted by Gasteiger charge is -2.04. The highest BCUT2D eigenvalue weighted by Gasteiger charge is 2.21. The third-order valence-electron chi connectivity index (χ3n) is 1.41. The normalized spacial score (nSPS) is 18.1. The standard InChI is InChI=1S/C6H6FNO3/c7-4-1-2-5(8(10)11)6(9)3-4/h3,9H,1-2H2. The molecule has 0 fully saturated rings. The molecule has 0 saturated carbocycles. The summed E-state index contributed by atoms with van der Waals surface area (Å²) < 4.78 is 12.3. The molecule has 1 aliphatic carbocycles. The van der Waals surface area contributed by atoms with Gasteiger partial charge in [0.2, 0.25) is 0 Å². The average Bonchev–Trinajstić information content (AvgIpc) is 1.85. The molecule has 1 rings (SSSR count). The molecule has 1 N–H and O–H groups in total. The number of aliphatic hydroxyl groups excluding tert-OH is 1. The summed E-state index contributed by atoms with van der Waals surface area (Å²) in [7, 11) is 0. The molecule has 4 nitrogen and oxygen atoms in total. The van der Waals surface area contributed by atoms with E-state index in [0.717, 1.165) is 6.08 Å². The number of hydrogen-bond donors (Lipinski definition) is 1. The summed E-state index contributed by atoms with van der Waals surface area (Å²) in [6, 6.07) is 0. The van der Waals surface area contributed by atoms with Crippen molar-refractivity contribution in [1.82, 2.24) is 0 Å². The van der Waals surface area contributed by atoms with E-state index in [1.54, 1.807) is 0 Å². The van der Waals surface area contributed by atoms with Crippen LogP contribution < -0.4 is 0 Å². The zero-order chi connectivity index (χ0) is 8.43. The van der Waals surface area contributed by atoms with E-state index in [9.17, 15) is 14.5 Å². The third kappa shape index (κ3) is 1.54. The predicted octanol–water partition coefficient (Wildman–Crippen LogP) is 1.68. The lowest BCUT2D eigenvalue weighted by molar-refractivity contribution is -0.430. The van der Waals surface area contributed by atoms with Gasteiger partial charge in [0.05, 0.1) is 4.92 Å². The Hall–Kier alpha value is -1.39. The Morgan fingerprint density at radius 3 is 2.73 bits per heavy atom. The van der Waals surface area contributed by atoms with Crippen molar-refractivity contribution in [2.24, 2.45) is 0 Å². The van der Waals surface area contributed by atoms with Crippen LogP contribution in [0.4, 0.5) is 4.39 Å².